The van der Waals surface area contributed by atoms with Gasteiger partial charge in [0, 0.05) is 13.0 Å². The monoisotopic (exact) mass is 303 g/mol. The SMILES string of the molecule is Cl.O=C1OC(c2ccccc2)CC1NCc1ccccc1. The average molecular weight is 304 g/mol. The fourth-order valence-electron chi connectivity index (χ4n) is 2.46. The molecule has 1 heterocycles. The van der Waals surface area contributed by atoms with E-state index in [1.807, 2.05) is 60.7 Å². The maximum Gasteiger partial charge on any atom is 0.323 e. The first-order valence-corrected chi connectivity index (χ1v) is 6.85. The maximum absolute atomic E-state index is 11.9. The van der Waals surface area contributed by atoms with Crippen molar-refractivity contribution in [1.82, 2.24) is 5.32 Å². The quantitative estimate of drug-likeness (QED) is 0.881. The molecule has 0 aromatic heterocycles. The molecule has 1 fully saturated rings. The first-order chi connectivity index (χ1) is 9.83. The number of ether oxygens (including phenoxy) is 1. The number of cyclic esters (lactones) is 1. The Hall–Kier alpha value is -1.84. The van der Waals surface area contributed by atoms with Crippen LogP contribution in [0.3, 0.4) is 0 Å². The lowest BCUT2D eigenvalue weighted by Gasteiger charge is -2.09. The number of benzene rings is 2. The van der Waals surface area contributed by atoms with Gasteiger partial charge in [0.15, 0.2) is 0 Å². The number of nitrogens with one attached hydrogen (secondary N) is 1. The van der Waals surface area contributed by atoms with Crippen LogP contribution in [0.5, 0.6) is 0 Å². The van der Waals surface area contributed by atoms with Crippen molar-refractivity contribution in [1.29, 1.82) is 0 Å². The van der Waals surface area contributed by atoms with Gasteiger partial charge in [-0.25, -0.2) is 0 Å². The third-order valence-corrected chi connectivity index (χ3v) is 3.56. The van der Waals surface area contributed by atoms with Crippen molar-refractivity contribution in [2.75, 3.05) is 0 Å². The summed E-state index contributed by atoms with van der Waals surface area (Å²) in [6.07, 6.45) is 0.562. The molecule has 0 radical (unpaired) electrons. The summed E-state index contributed by atoms with van der Waals surface area (Å²) < 4.78 is 5.45. The van der Waals surface area contributed by atoms with Crippen molar-refractivity contribution in [3.63, 3.8) is 0 Å². The lowest BCUT2D eigenvalue weighted by Crippen LogP contribution is -2.32. The zero-order valence-corrected chi connectivity index (χ0v) is 12.4. The molecule has 1 aliphatic heterocycles. The van der Waals surface area contributed by atoms with E-state index in [1.165, 1.54) is 5.56 Å². The number of carbonyl (C=O) groups is 1. The molecule has 21 heavy (non-hydrogen) atoms. The van der Waals surface area contributed by atoms with E-state index in [4.69, 9.17) is 4.74 Å². The molecule has 0 saturated carbocycles. The summed E-state index contributed by atoms with van der Waals surface area (Å²) in [5, 5.41) is 3.27. The lowest BCUT2D eigenvalue weighted by atomic mass is 10.0. The maximum atomic E-state index is 11.9. The highest BCUT2D eigenvalue weighted by Crippen LogP contribution is 2.29. The molecule has 2 unspecified atom stereocenters. The molecule has 3 nitrogen and oxygen atoms in total. The van der Waals surface area contributed by atoms with Crippen LogP contribution in [0, 0.1) is 0 Å². The van der Waals surface area contributed by atoms with Gasteiger partial charge in [0.1, 0.15) is 12.1 Å². The van der Waals surface area contributed by atoms with Gasteiger partial charge in [-0.05, 0) is 11.1 Å². The summed E-state index contributed by atoms with van der Waals surface area (Å²) in [7, 11) is 0. The first kappa shape index (κ1) is 15.5. The van der Waals surface area contributed by atoms with Gasteiger partial charge in [0.2, 0.25) is 0 Å². The number of esters is 1. The fourth-order valence-corrected chi connectivity index (χ4v) is 2.46. The second-order valence-corrected chi connectivity index (χ2v) is 4.99. The van der Waals surface area contributed by atoms with Crippen LogP contribution in [0.1, 0.15) is 23.7 Å². The molecular weight excluding hydrogens is 286 g/mol. The van der Waals surface area contributed by atoms with Crippen molar-refractivity contribution in [3.05, 3.63) is 71.8 Å². The van der Waals surface area contributed by atoms with Crippen LogP contribution in [0.4, 0.5) is 0 Å². The Morgan fingerprint density at radius 1 is 1.00 bits per heavy atom. The molecule has 0 amide bonds. The third kappa shape index (κ3) is 3.84. The highest BCUT2D eigenvalue weighted by atomic mass is 35.5. The molecule has 1 N–H and O–H groups in total. The number of carbonyl (C=O) groups excluding carboxylic acids is 1. The van der Waals surface area contributed by atoms with Gasteiger partial charge >= 0.3 is 5.97 Å². The van der Waals surface area contributed by atoms with E-state index in [9.17, 15) is 4.79 Å². The van der Waals surface area contributed by atoms with Gasteiger partial charge in [-0.3, -0.25) is 4.79 Å². The highest BCUT2D eigenvalue weighted by molar-refractivity contribution is 5.85. The molecular formula is C17H18ClNO2. The van der Waals surface area contributed by atoms with E-state index < -0.39 is 0 Å². The van der Waals surface area contributed by atoms with Crippen molar-refractivity contribution in [2.45, 2.75) is 25.1 Å². The van der Waals surface area contributed by atoms with Gasteiger partial charge in [0.25, 0.3) is 0 Å². The Labute approximate surface area is 130 Å². The molecule has 2 aromatic rings. The second-order valence-electron chi connectivity index (χ2n) is 4.99. The third-order valence-electron chi connectivity index (χ3n) is 3.56. The Balaban J connectivity index is 0.00000161. The average Bonchev–Trinajstić information content (AvgIpc) is 2.88. The normalized spacial score (nSPS) is 20.7. The van der Waals surface area contributed by atoms with Crippen LogP contribution in [0.2, 0.25) is 0 Å². The molecule has 0 bridgehead atoms. The van der Waals surface area contributed by atoms with Crippen molar-refractivity contribution in [3.8, 4) is 0 Å². The van der Waals surface area contributed by atoms with E-state index in [-0.39, 0.29) is 30.5 Å². The molecule has 3 rings (SSSR count). The van der Waals surface area contributed by atoms with Crippen LogP contribution in [0.15, 0.2) is 60.7 Å². The Kier molecular flexibility index (Phi) is 5.37. The van der Waals surface area contributed by atoms with Crippen molar-refractivity contribution >= 4 is 18.4 Å². The van der Waals surface area contributed by atoms with E-state index in [2.05, 4.69) is 5.32 Å². The largest absolute Gasteiger partial charge is 0.456 e. The predicted octanol–water partition coefficient (Wildman–Crippen LogP) is 3.25. The van der Waals surface area contributed by atoms with Crippen LogP contribution in [0.25, 0.3) is 0 Å². The first-order valence-electron chi connectivity index (χ1n) is 6.85. The Morgan fingerprint density at radius 2 is 1.62 bits per heavy atom. The highest BCUT2D eigenvalue weighted by Gasteiger charge is 2.34. The van der Waals surface area contributed by atoms with Crippen LogP contribution in [-0.2, 0) is 16.1 Å². The summed E-state index contributed by atoms with van der Waals surface area (Å²) in [6.45, 7) is 0.683. The van der Waals surface area contributed by atoms with E-state index in [1.54, 1.807) is 0 Å². The van der Waals surface area contributed by atoms with Gasteiger partial charge in [-0.1, -0.05) is 60.7 Å². The molecule has 4 heteroatoms. The van der Waals surface area contributed by atoms with Gasteiger partial charge in [-0.2, -0.15) is 0 Å². The van der Waals surface area contributed by atoms with Crippen LogP contribution >= 0.6 is 12.4 Å². The van der Waals surface area contributed by atoms with Gasteiger partial charge in [-0.15, -0.1) is 12.4 Å². The summed E-state index contributed by atoms with van der Waals surface area (Å²) in [6, 6.07) is 19.7. The smallest absolute Gasteiger partial charge is 0.323 e. The molecule has 2 atom stereocenters. The standard InChI is InChI=1S/C17H17NO2.ClH/c19-17-15(18-12-13-7-3-1-4-8-13)11-16(20-17)14-9-5-2-6-10-14;/h1-10,15-16,18H,11-12H2;1H. The topological polar surface area (TPSA) is 38.3 Å². The zero-order valence-electron chi connectivity index (χ0n) is 11.6. The van der Waals surface area contributed by atoms with Crippen molar-refractivity contribution < 1.29 is 9.53 Å². The summed E-state index contributed by atoms with van der Waals surface area (Å²) in [5.74, 6) is -0.158. The molecule has 1 saturated heterocycles. The predicted molar refractivity (Wildman–Crippen MR) is 84.2 cm³/mol. The van der Waals surface area contributed by atoms with Gasteiger partial charge in [0.05, 0.1) is 0 Å². The molecule has 0 spiro atoms. The van der Waals surface area contributed by atoms with E-state index >= 15 is 0 Å². The fraction of sp³-hybridized carbons (Fsp3) is 0.235. The molecule has 0 aliphatic carbocycles. The molecule has 1 aliphatic rings. The zero-order chi connectivity index (χ0) is 13.8. The second kappa shape index (κ2) is 7.25. The lowest BCUT2D eigenvalue weighted by molar-refractivity contribution is -0.143. The minimum Gasteiger partial charge on any atom is -0.456 e. The number of hydrogen-bond donors (Lipinski definition) is 1. The van der Waals surface area contributed by atoms with Gasteiger partial charge < -0.3 is 10.1 Å². The Bertz CT molecular complexity index is 574. The number of hydrogen-bond acceptors (Lipinski definition) is 3. The number of halogens is 1. The summed E-state index contributed by atoms with van der Waals surface area (Å²) >= 11 is 0. The minimum absolute atomic E-state index is 0. The molecule has 110 valence electrons. The molecule has 2 aromatic carbocycles. The van der Waals surface area contributed by atoms with Crippen LogP contribution < -0.4 is 5.32 Å². The Morgan fingerprint density at radius 3 is 2.29 bits per heavy atom. The van der Waals surface area contributed by atoms with E-state index in [0.29, 0.717) is 13.0 Å². The minimum atomic E-state index is -0.222. The number of rotatable bonds is 4. The van der Waals surface area contributed by atoms with E-state index in [0.717, 1.165) is 5.56 Å². The summed E-state index contributed by atoms with van der Waals surface area (Å²) in [4.78, 5) is 11.9. The van der Waals surface area contributed by atoms with Crippen molar-refractivity contribution in [2.24, 2.45) is 0 Å². The van der Waals surface area contributed by atoms with Crippen LogP contribution in [-0.4, -0.2) is 12.0 Å². The summed E-state index contributed by atoms with van der Waals surface area (Å²) in [5.41, 5.74) is 2.23.